The molecule has 0 spiro atoms. The summed E-state index contributed by atoms with van der Waals surface area (Å²) in [6.07, 6.45) is 0.227. The lowest BCUT2D eigenvalue weighted by molar-refractivity contribution is 0.221. The van der Waals surface area contributed by atoms with Crippen molar-refractivity contribution in [2.24, 2.45) is 0 Å². The van der Waals surface area contributed by atoms with Crippen molar-refractivity contribution in [1.29, 1.82) is 0 Å². The quantitative estimate of drug-likeness (QED) is 0.830. The second-order valence-corrected chi connectivity index (χ2v) is 4.71. The van der Waals surface area contributed by atoms with Gasteiger partial charge in [0, 0.05) is 16.3 Å². The van der Waals surface area contributed by atoms with Crippen molar-refractivity contribution in [2.75, 3.05) is 5.73 Å². The molecule has 2 nitrogen and oxygen atoms in total. The van der Waals surface area contributed by atoms with Gasteiger partial charge in [0.1, 0.15) is 6.10 Å². The van der Waals surface area contributed by atoms with Gasteiger partial charge >= 0.3 is 0 Å². The van der Waals surface area contributed by atoms with Crippen molar-refractivity contribution >= 4 is 17.3 Å². The predicted octanol–water partition coefficient (Wildman–Crippen LogP) is 3.57. The molecule has 0 aliphatic rings. The highest BCUT2D eigenvalue weighted by atomic mass is 35.5. The molecule has 0 saturated heterocycles. The second kappa shape index (κ2) is 5.42. The van der Waals surface area contributed by atoms with Gasteiger partial charge in [0.05, 0.1) is 0 Å². The largest absolute Gasteiger partial charge is 0.398 e. The lowest BCUT2D eigenvalue weighted by Gasteiger charge is -2.15. The van der Waals surface area contributed by atoms with Crippen molar-refractivity contribution in [1.82, 2.24) is 0 Å². The first-order valence-electron chi connectivity index (χ1n) is 5.93. The van der Waals surface area contributed by atoms with Gasteiger partial charge in [-0.05, 0) is 29.7 Å². The zero-order valence-corrected chi connectivity index (χ0v) is 11.0. The molecule has 0 amide bonds. The molecule has 0 bridgehead atoms. The number of hydrogen-bond acceptors (Lipinski definition) is 2. The lowest BCUT2D eigenvalue weighted by atomic mass is 9.98. The van der Waals surface area contributed by atoms with E-state index in [9.17, 15) is 5.11 Å². The monoisotopic (exact) mass is 261 g/mol. The molecule has 1 unspecified atom stereocenters. The Labute approximate surface area is 112 Å². The fourth-order valence-electron chi connectivity index (χ4n) is 1.96. The van der Waals surface area contributed by atoms with Gasteiger partial charge in [0.25, 0.3) is 0 Å². The Morgan fingerprint density at radius 2 is 2.00 bits per heavy atom. The van der Waals surface area contributed by atoms with Crippen LogP contribution in [0.25, 0.3) is 0 Å². The number of halogens is 1. The zero-order chi connectivity index (χ0) is 13.1. The van der Waals surface area contributed by atoms with E-state index < -0.39 is 6.10 Å². The molecule has 0 aliphatic carbocycles. The van der Waals surface area contributed by atoms with Crippen LogP contribution in [0.3, 0.4) is 0 Å². The summed E-state index contributed by atoms with van der Waals surface area (Å²) in [5.74, 6) is 0. The smallest absolute Gasteiger partial charge is 0.106 e. The summed E-state index contributed by atoms with van der Waals surface area (Å²) < 4.78 is 0. The van der Waals surface area contributed by atoms with E-state index in [0.717, 1.165) is 12.0 Å². The number of aryl methyl sites for hydroxylation is 1. The van der Waals surface area contributed by atoms with E-state index in [4.69, 9.17) is 17.3 Å². The molecule has 0 aliphatic heterocycles. The molecule has 0 heterocycles. The highest BCUT2D eigenvalue weighted by molar-refractivity contribution is 6.30. The average Bonchev–Trinajstić information content (AvgIpc) is 2.38. The van der Waals surface area contributed by atoms with Crippen LogP contribution in [0.1, 0.15) is 29.7 Å². The SMILES string of the molecule is CCc1cccc(C(O)c2ccc(Cl)cc2N)c1. The molecule has 0 aromatic heterocycles. The molecule has 2 aromatic carbocycles. The molecule has 18 heavy (non-hydrogen) atoms. The minimum atomic E-state index is -0.714. The van der Waals surface area contributed by atoms with Gasteiger partial charge in [-0.15, -0.1) is 0 Å². The van der Waals surface area contributed by atoms with Crippen LogP contribution in [0.5, 0.6) is 0 Å². The Kier molecular flexibility index (Phi) is 3.90. The van der Waals surface area contributed by atoms with Crippen LogP contribution in [-0.4, -0.2) is 5.11 Å². The van der Waals surface area contributed by atoms with Crippen LogP contribution in [0.15, 0.2) is 42.5 Å². The minimum absolute atomic E-state index is 0.511. The summed E-state index contributed by atoms with van der Waals surface area (Å²) in [5.41, 5.74) is 9.13. The number of aliphatic hydroxyl groups excluding tert-OH is 1. The summed E-state index contributed by atoms with van der Waals surface area (Å²) in [4.78, 5) is 0. The molecule has 0 radical (unpaired) electrons. The fourth-order valence-corrected chi connectivity index (χ4v) is 2.14. The van der Waals surface area contributed by atoms with E-state index in [1.54, 1.807) is 18.2 Å². The van der Waals surface area contributed by atoms with Gasteiger partial charge in [0.15, 0.2) is 0 Å². The lowest BCUT2D eigenvalue weighted by Crippen LogP contribution is -2.04. The van der Waals surface area contributed by atoms with Crippen molar-refractivity contribution in [3.05, 3.63) is 64.2 Å². The zero-order valence-electron chi connectivity index (χ0n) is 10.2. The number of benzene rings is 2. The molecule has 1 atom stereocenters. The third-order valence-corrected chi connectivity index (χ3v) is 3.25. The molecular weight excluding hydrogens is 246 g/mol. The summed E-state index contributed by atoms with van der Waals surface area (Å²) in [5, 5.41) is 10.9. The van der Waals surface area contributed by atoms with Crippen molar-refractivity contribution in [3.63, 3.8) is 0 Å². The highest BCUT2D eigenvalue weighted by Gasteiger charge is 2.13. The van der Waals surface area contributed by atoms with Crippen LogP contribution in [0.4, 0.5) is 5.69 Å². The number of rotatable bonds is 3. The number of anilines is 1. The number of aliphatic hydroxyl groups is 1. The topological polar surface area (TPSA) is 46.2 Å². The van der Waals surface area contributed by atoms with Gasteiger partial charge in [-0.3, -0.25) is 0 Å². The Balaban J connectivity index is 2.37. The van der Waals surface area contributed by atoms with E-state index in [2.05, 4.69) is 6.92 Å². The third-order valence-electron chi connectivity index (χ3n) is 3.02. The number of nitrogen functional groups attached to an aromatic ring is 1. The predicted molar refractivity (Wildman–Crippen MR) is 75.7 cm³/mol. The first kappa shape index (κ1) is 12.9. The molecule has 94 valence electrons. The van der Waals surface area contributed by atoms with Crippen LogP contribution in [-0.2, 0) is 6.42 Å². The van der Waals surface area contributed by atoms with E-state index in [0.29, 0.717) is 16.3 Å². The Bertz CT molecular complexity index is 554. The molecule has 3 N–H and O–H groups in total. The number of nitrogens with two attached hydrogens (primary N) is 1. The van der Waals surface area contributed by atoms with Gasteiger partial charge in [-0.1, -0.05) is 48.9 Å². The first-order valence-corrected chi connectivity index (χ1v) is 6.31. The normalized spacial score (nSPS) is 12.4. The molecule has 2 rings (SSSR count). The summed E-state index contributed by atoms with van der Waals surface area (Å²) in [6.45, 7) is 2.09. The maximum absolute atomic E-state index is 10.4. The van der Waals surface area contributed by atoms with Crippen molar-refractivity contribution in [3.8, 4) is 0 Å². The standard InChI is InChI=1S/C15H16ClNO/c1-2-10-4-3-5-11(8-10)15(18)13-7-6-12(16)9-14(13)17/h3-9,15,18H,2,17H2,1H3. The van der Waals surface area contributed by atoms with Crippen LogP contribution >= 0.6 is 11.6 Å². The second-order valence-electron chi connectivity index (χ2n) is 4.27. The Morgan fingerprint density at radius 3 is 2.67 bits per heavy atom. The molecule has 0 fully saturated rings. The van der Waals surface area contributed by atoms with E-state index in [1.807, 2.05) is 24.3 Å². The molecule has 0 saturated carbocycles. The average molecular weight is 262 g/mol. The fraction of sp³-hybridized carbons (Fsp3) is 0.200. The summed E-state index contributed by atoms with van der Waals surface area (Å²) >= 11 is 5.85. The molecule has 2 aromatic rings. The first-order chi connectivity index (χ1) is 8.61. The molecular formula is C15H16ClNO. The highest BCUT2D eigenvalue weighted by Crippen LogP contribution is 2.29. The van der Waals surface area contributed by atoms with E-state index >= 15 is 0 Å². The Hall–Kier alpha value is -1.51. The van der Waals surface area contributed by atoms with Crippen molar-refractivity contribution in [2.45, 2.75) is 19.4 Å². The van der Waals surface area contributed by atoms with Gasteiger partial charge in [-0.25, -0.2) is 0 Å². The van der Waals surface area contributed by atoms with Gasteiger partial charge in [0.2, 0.25) is 0 Å². The maximum Gasteiger partial charge on any atom is 0.106 e. The van der Waals surface area contributed by atoms with Crippen molar-refractivity contribution < 1.29 is 5.11 Å². The van der Waals surface area contributed by atoms with Gasteiger partial charge in [-0.2, -0.15) is 0 Å². The minimum Gasteiger partial charge on any atom is -0.398 e. The van der Waals surface area contributed by atoms with Crippen LogP contribution in [0, 0.1) is 0 Å². The summed E-state index contributed by atoms with van der Waals surface area (Å²) in [6, 6.07) is 13.0. The van der Waals surface area contributed by atoms with E-state index in [-0.39, 0.29) is 0 Å². The van der Waals surface area contributed by atoms with Crippen LogP contribution < -0.4 is 5.73 Å². The van der Waals surface area contributed by atoms with Crippen LogP contribution in [0.2, 0.25) is 5.02 Å². The number of hydrogen-bond donors (Lipinski definition) is 2. The van der Waals surface area contributed by atoms with Gasteiger partial charge < -0.3 is 10.8 Å². The third kappa shape index (κ3) is 2.66. The molecule has 3 heteroatoms. The Morgan fingerprint density at radius 1 is 1.22 bits per heavy atom. The maximum atomic E-state index is 10.4. The summed E-state index contributed by atoms with van der Waals surface area (Å²) in [7, 11) is 0. The van der Waals surface area contributed by atoms with E-state index in [1.165, 1.54) is 5.56 Å².